The maximum atomic E-state index is 12.4. The zero-order chi connectivity index (χ0) is 26.3. The quantitative estimate of drug-likeness (QED) is 0.256. The number of allylic oxidation sites excluding steroid dienone is 1. The molecule has 0 amide bonds. The number of fused-ring (bicyclic) bond motifs is 1. The van der Waals surface area contributed by atoms with Gasteiger partial charge in [-0.3, -0.25) is 4.79 Å². The SMILES string of the molecule is C=CC(=O)C1CCCC(c2c(Cl)c(-c3ccc(Oc4ccc(C)c(Cl)c4)c(C)c3)c3c(N)ncnn23)C1. The summed E-state index contributed by atoms with van der Waals surface area (Å²) in [5.74, 6) is 1.82. The van der Waals surface area contributed by atoms with Crippen LogP contribution in [-0.4, -0.2) is 20.4 Å². The van der Waals surface area contributed by atoms with Gasteiger partial charge < -0.3 is 10.5 Å². The van der Waals surface area contributed by atoms with E-state index in [4.69, 9.17) is 33.7 Å². The molecule has 5 rings (SSSR count). The Hall–Kier alpha value is -3.35. The summed E-state index contributed by atoms with van der Waals surface area (Å²) in [7, 11) is 0. The Morgan fingerprint density at radius 3 is 2.70 bits per heavy atom. The highest BCUT2D eigenvalue weighted by atomic mass is 35.5. The summed E-state index contributed by atoms with van der Waals surface area (Å²) in [6.07, 6.45) is 6.27. The lowest BCUT2D eigenvalue weighted by Gasteiger charge is -2.27. The molecule has 6 nitrogen and oxygen atoms in total. The van der Waals surface area contributed by atoms with Crippen molar-refractivity contribution < 1.29 is 9.53 Å². The molecular formula is C29H28Cl2N4O2. The average molecular weight is 535 g/mol. The van der Waals surface area contributed by atoms with Crippen LogP contribution in [0.15, 0.2) is 55.4 Å². The Balaban J connectivity index is 1.56. The van der Waals surface area contributed by atoms with E-state index in [0.29, 0.717) is 39.3 Å². The van der Waals surface area contributed by atoms with Gasteiger partial charge in [-0.1, -0.05) is 48.3 Å². The summed E-state index contributed by atoms with van der Waals surface area (Å²) >= 11 is 13.4. The first kappa shape index (κ1) is 25.3. The zero-order valence-electron chi connectivity index (χ0n) is 20.8. The Morgan fingerprint density at radius 2 is 1.97 bits per heavy atom. The number of hydrogen-bond donors (Lipinski definition) is 1. The van der Waals surface area contributed by atoms with Crippen LogP contribution in [0.1, 0.15) is 48.4 Å². The van der Waals surface area contributed by atoms with E-state index in [9.17, 15) is 4.79 Å². The third-order valence-corrected chi connectivity index (χ3v) is 8.02. The molecule has 0 spiro atoms. The van der Waals surface area contributed by atoms with Gasteiger partial charge in [0.1, 0.15) is 23.3 Å². The number of nitrogens with zero attached hydrogens (tertiary/aromatic N) is 3. The van der Waals surface area contributed by atoms with Crippen LogP contribution in [0.2, 0.25) is 10.0 Å². The van der Waals surface area contributed by atoms with Crippen LogP contribution in [0.25, 0.3) is 16.6 Å². The molecule has 4 aromatic rings. The Labute approximate surface area is 226 Å². The number of ketones is 1. The number of aryl methyl sites for hydroxylation is 2. The summed E-state index contributed by atoms with van der Waals surface area (Å²) < 4.78 is 7.92. The summed E-state index contributed by atoms with van der Waals surface area (Å²) in [6.45, 7) is 7.60. The van der Waals surface area contributed by atoms with E-state index in [2.05, 4.69) is 16.7 Å². The molecule has 1 fully saturated rings. The zero-order valence-corrected chi connectivity index (χ0v) is 22.3. The first-order valence-corrected chi connectivity index (χ1v) is 13.1. The van der Waals surface area contributed by atoms with Gasteiger partial charge in [0, 0.05) is 22.4 Å². The van der Waals surface area contributed by atoms with E-state index in [1.807, 2.05) is 44.2 Å². The van der Waals surface area contributed by atoms with Crippen molar-refractivity contribution in [3.05, 3.63) is 82.2 Å². The topological polar surface area (TPSA) is 82.5 Å². The number of nitrogen functional groups attached to an aromatic ring is 1. The minimum absolute atomic E-state index is 0.0607. The molecule has 2 aromatic carbocycles. The fourth-order valence-corrected chi connectivity index (χ4v) is 5.87. The number of hydrogen-bond acceptors (Lipinski definition) is 5. The van der Waals surface area contributed by atoms with Gasteiger partial charge in [-0.15, -0.1) is 0 Å². The van der Waals surface area contributed by atoms with Crippen molar-refractivity contribution in [2.45, 2.75) is 45.4 Å². The molecule has 8 heteroatoms. The van der Waals surface area contributed by atoms with Crippen molar-refractivity contribution in [2.75, 3.05) is 5.73 Å². The van der Waals surface area contributed by atoms with Crippen molar-refractivity contribution in [2.24, 2.45) is 5.92 Å². The molecule has 0 saturated heterocycles. The molecule has 2 unspecified atom stereocenters. The summed E-state index contributed by atoms with van der Waals surface area (Å²) in [5.41, 5.74) is 11.5. The standard InChI is InChI=1S/C29H28Cl2N4O2/c1-4-23(36)18-6-5-7-20(13-18)27-26(31)25(28-29(32)33-15-34-35(27)28)19-9-11-24(17(3)12-19)37-21-10-8-16(2)22(30)14-21/h4,8-12,14-15,18,20H,1,5-7,13H2,2-3H3,(H2,32,33,34). The molecule has 0 aliphatic heterocycles. The number of carbonyl (C=O) groups is 1. The van der Waals surface area contributed by atoms with Gasteiger partial charge in [-0.2, -0.15) is 5.10 Å². The molecule has 2 aromatic heterocycles. The number of carbonyl (C=O) groups excluding carboxylic acids is 1. The number of ether oxygens (including phenoxy) is 1. The molecule has 190 valence electrons. The van der Waals surface area contributed by atoms with Crippen molar-refractivity contribution in [1.82, 2.24) is 14.6 Å². The molecule has 0 bridgehead atoms. The van der Waals surface area contributed by atoms with Gasteiger partial charge in [0.05, 0.1) is 10.7 Å². The van der Waals surface area contributed by atoms with Crippen LogP contribution in [-0.2, 0) is 4.79 Å². The monoisotopic (exact) mass is 534 g/mol. The molecule has 2 N–H and O–H groups in total. The smallest absolute Gasteiger partial charge is 0.158 e. The number of aromatic nitrogens is 3. The van der Waals surface area contributed by atoms with Crippen LogP contribution in [0.3, 0.4) is 0 Å². The van der Waals surface area contributed by atoms with Crippen LogP contribution in [0, 0.1) is 19.8 Å². The van der Waals surface area contributed by atoms with Crippen LogP contribution < -0.4 is 10.5 Å². The molecule has 37 heavy (non-hydrogen) atoms. The number of anilines is 1. The second kappa shape index (κ2) is 10.2. The van der Waals surface area contributed by atoms with Crippen LogP contribution in [0.5, 0.6) is 11.5 Å². The molecular weight excluding hydrogens is 507 g/mol. The predicted octanol–water partition coefficient (Wildman–Crippen LogP) is 7.72. The number of halogens is 2. The molecule has 0 radical (unpaired) electrons. The highest BCUT2D eigenvalue weighted by molar-refractivity contribution is 6.35. The lowest BCUT2D eigenvalue weighted by Crippen LogP contribution is -2.21. The van der Waals surface area contributed by atoms with E-state index < -0.39 is 0 Å². The predicted molar refractivity (Wildman–Crippen MR) is 149 cm³/mol. The fraction of sp³-hybridized carbons (Fsp3) is 0.276. The van der Waals surface area contributed by atoms with Gasteiger partial charge in [0.25, 0.3) is 0 Å². The molecule has 1 aliphatic carbocycles. The maximum absolute atomic E-state index is 12.4. The van der Waals surface area contributed by atoms with Gasteiger partial charge in [0.15, 0.2) is 11.6 Å². The summed E-state index contributed by atoms with van der Waals surface area (Å²) in [5, 5.41) is 5.76. The number of benzene rings is 2. The normalized spacial score (nSPS) is 17.6. The average Bonchev–Trinajstić information content (AvgIpc) is 3.20. The van der Waals surface area contributed by atoms with Crippen molar-refractivity contribution in [3.63, 3.8) is 0 Å². The van der Waals surface area contributed by atoms with Gasteiger partial charge >= 0.3 is 0 Å². The van der Waals surface area contributed by atoms with Crippen molar-refractivity contribution >= 4 is 40.3 Å². The Morgan fingerprint density at radius 1 is 1.16 bits per heavy atom. The molecule has 1 aliphatic rings. The fourth-order valence-electron chi connectivity index (χ4n) is 5.27. The van der Waals surface area contributed by atoms with Gasteiger partial charge in [-0.25, -0.2) is 9.50 Å². The van der Waals surface area contributed by atoms with Crippen LogP contribution >= 0.6 is 23.2 Å². The van der Waals surface area contributed by atoms with Gasteiger partial charge in [-0.05, 0) is 80.1 Å². The van der Waals surface area contributed by atoms with E-state index in [0.717, 1.165) is 47.2 Å². The molecule has 2 atom stereocenters. The van der Waals surface area contributed by atoms with Gasteiger partial charge in [0.2, 0.25) is 0 Å². The lowest BCUT2D eigenvalue weighted by atomic mass is 9.78. The van der Waals surface area contributed by atoms with Crippen LogP contribution in [0.4, 0.5) is 5.82 Å². The minimum Gasteiger partial charge on any atom is -0.457 e. The van der Waals surface area contributed by atoms with E-state index in [1.54, 1.807) is 10.6 Å². The largest absolute Gasteiger partial charge is 0.457 e. The summed E-state index contributed by atoms with van der Waals surface area (Å²) in [6, 6.07) is 11.5. The first-order chi connectivity index (χ1) is 17.8. The summed E-state index contributed by atoms with van der Waals surface area (Å²) in [4.78, 5) is 16.6. The number of nitrogens with two attached hydrogens (primary N) is 1. The van der Waals surface area contributed by atoms with E-state index in [1.165, 1.54) is 12.4 Å². The highest BCUT2D eigenvalue weighted by Crippen LogP contribution is 2.46. The second-order valence-electron chi connectivity index (χ2n) is 9.64. The number of rotatable bonds is 6. The third kappa shape index (κ3) is 4.72. The van der Waals surface area contributed by atoms with Crippen molar-refractivity contribution in [1.29, 1.82) is 0 Å². The second-order valence-corrected chi connectivity index (χ2v) is 10.4. The van der Waals surface area contributed by atoms with E-state index in [-0.39, 0.29) is 17.6 Å². The highest BCUT2D eigenvalue weighted by Gasteiger charge is 2.33. The lowest BCUT2D eigenvalue weighted by molar-refractivity contribution is -0.119. The maximum Gasteiger partial charge on any atom is 0.158 e. The van der Waals surface area contributed by atoms with E-state index >= 15 is 0 Å². The van der Waals surface area contributed by atoms with Crippen molar-refractivity contribution in [3.8, 4) is 22.6 Å². The molecule has 2 heterocycles. The molecule has 1 saturated carbocycles. The first-order valence-electron chi connectivity index (χ1n) is 12.3. The Kier molecular flexibility index (Phi) is 6.97. The minimum atomic E-state index is -0.0607. The third-order valence-electron chi connectivity index (χ3n) is 7.23. The Bertz CT molecular complexity index is 1530.